The van der Waals surface area contributed by atoms with Gasteiger partial charge in [0.2, 0.25) is 88.6 Å². The minimum absolute atomic E-state index is 0.0175. The number of aliphatic carboxylic acids is 1. The summed E-state index contributed by atoms with van der Waals surface area (Å²) in [6.07, 6.45) is -0.723. The number of carboxylic acids is 1. The van der Waals surface area contributed by atoms with Crippen LogP contribution in [0.4, 0.5) is 0 Å². The van der Waals surface area contributed by atoms with Gasteiger partial charge in [0, 0.05) is 42.6 Å². The summed E-state index contributed by atoms with van der Waals surface area (Å²) in [5, 5.41) is 45.8. The molecule has 93 heavy (non-hydrogen) atoms. The van der Waals surface area contributed by atoms with Gasteiger partial charge in [-0.3, -0.25) is 71.9 Å². The molecule has 518 valence electrons. The second-order valence-corrected chi connectivity index (χ2v) is 29.0. The minimum atomic E-state index is -1.86. The van der Waals surface area contributed by atoms with Gasteiger partial charge in [-0.1, -0.05) is 70.9 Å². The molecule has 2 bridgehead atoms. The molecule has 0 aromatic heterocycles. The van der Waals surface area contributed by atoms with Crippen LogP contribution >= 0.6 is 43.2 Å². The van der Waals surface area contributed by atoms with Gasteiger partial charge in [0.1, 0.15) is 78.5 Å². The molecule has 5 saturated heterocycles. The molecule has 5 rings (SSSR count). The van der Waals surface area contributed by atoms with Crippen molar-refractivity contribution in [1.82, 2.24) is 67.9 Å². The van der Waals surface area contributed by atoms with Crippen LogP contribution in [0, 0.1) is 11.8 Å². The van der Waals surface area contributed by atoms with E-state index in [-0.39, 0.29) is 81.5 Å². The number of nitrogens with zero attached hydrogens (tertiary/aromatic N) is 3. The Kier molecular flexibility index (Phi) is 30.0. The van der Waals surface area contributed by atoms with E-state index in [0.717, 1.165) is 48.1 Å². The number of primary amides is 2. The van der Waals surface area contributed by atoms with Gasteiger partial charge in [0.05, 0.1) is 26.0 Å². The van der Waals surface area contributed by atoms with E-state index in [0.29, 0.717) is 12.8 Å². The lowest BCUT2D eigenvalue weighted by Crippen LogP contribution is -2.61. The van der Waals surface area contributed by atoms with E-state index in [2.05, 4.69) is 53.2 Å². The third-order valence-corrected chi connectivity index (χ3v) is 20.5. The average Bonchev–Trinajstić information content (AvgIpc) is 1.91. The average molecular weight is 1390 g/mol. The highest BCUT2D eigenvalue weighted by Gasteiger charge is 2.46. The second-order valence-electron chi connectivity index (χ2n) is 23.9. The molecule has 5 aliphatic heterocycles. The fourth-order valence-electron chi connectivity index (χ4n) is 10.9. The highest BCUT2D eigenvalue weighted by molar-refractivity contribution is 8.77. The quantitative estimate of drug-likeness (QED) is 0.0808. The van der Waals surface area contributed by atoms with Crippen LogP contribution in [0.25, 0.3) is 0 Å². The Bertz CT molecular complexity index is 2830. The molecule has 13 atom stereocenters. The van der Waals surface area contributed by atoms with Gasteiger partial charge >= 0.3 is 5.97 Å². The van der Waals surface area contributed by atoms with Crippen LogP contribution in [0.15, 0.2) is 0 Å². The highest BCUT2D eigenvalue weighted by Crippen LogP contribution is 2.29. The molecule has 34 nitrogen and oxygen atoms in total. The van der Waals surface area contributed by atoms with Gasteiger partial charge in [-0.2, -0.15) is 0 Å². The van der Waals surface area contributed by atoms with E-state index < -0.39 is 211 Å². The number of rotatable bonds is 12. The van der Waals surface area contributed by atoms with Crippen molar-refractivity contribution in [3.63, 3.8) is 0 Å². The lowest BCUT2D eigenvalue weighted by molar-refractivity contribution is -0.148. The topological polar surface area (TPSA) is 522 Å². The Hall–Kier alpha value is -7.16. The number of carboxylic acid groups (broad SMARTS) is 1. The van der Waals surface area contributed by atoms with Gasteiger partial charge in [-0.25, -0.2) is 4.79 Å². The molecule has 0 unspecified atom stereocenters. The van der Waals surface area contributed by atoms with Gasteiger partial charge in [0.15, 0.2) is 0 Å². The summed E-state index contributed by atoms with van der Waals surface area (Å²) >= 11 is 0. The molecule has 18 N–H and O–H groups in total. The normalized spacial score (nSPS) is 29.7. The summed E-state index contributed by atoms with van der Waals surface area (Å²) in [5.74, 6) is -18.2. The maximum atomic E-state index is 14.6. The van der Waals surface area contributed by atoms with Crippen molar-refractivity contribution in [1.29, 1.82) is 0 Å². The molecule has 0 aromatic carbocycles. The smallest absolute Gasteiger partial charge is 0.327 e. The first-order valence-corrected chi connectivity index (χ1v) is 35.5. The molecular weight excluding hydrogens is 1300 g/mol. The molecule has 0 aromatic rings. The number of carbonyl (C=O) groups is 16. The third-order valence-electron chi connectivity index (χ3n) is 15.6. The molecule has 5 fully saturated rings. The van der Waals surface area contributed by atoms with E-state index in [1.54, 1.807) is 27.7 Å². The summed E-state index contributed by atoms with van der Waals surface area (Å²) in [4.78, 5) is 226. The van der Waals surface area contributed by atoms with Crippen molar-refractivity contribution in [2.75, 3.05) is 55.8 Å². The predicted octanol–water partition coefficient (Wildman–Crippen LogP) is -6.50. The number of aliphatic hydroxyl groups excluding tert-OH is 1. The van der Waals surface area contributed by atoms with Crippen molar-refractivity contribution in [3.8, 4) is 0 Å². The first-order valence-electron chi connectivity index (χ1n) is 30.5. The van der Waals surface area contributed by atoms with Crippen LogP contribution in [-0.2, 0) is 76.7 Å². The predicted molar refractivity (Wildman–Crippen MR) is 339 cm³/mol. The van der Waals surface area contributed by atoms with Crippen LogP contribution in [0.1, 0.15) is 98.8 Å². The molecule has 0 radical (unpaired) electrons. The first-order chi connectivity index (χ1) is 43.9. The van der Waals surface area contributed by atoms with Crippen LogP contribution in [-0.4, -0.2) is 254 Å². The largest absolute Gasteiger partial charge is 0.480 e. The summed E-state index contributed by atoms with van der Waals surface area (Å²) < 4.78 is 0. The van der Waals surface area contributed by atoms with E-state index in [9.17, 15) is 86.9 Å². The fraction of sp³-hybridized carbons (Fsp3) is 0.709. The molecule has 0 aliphatic carbocycles. The first kappa shape index (κ1) is 76.6. The Labute approximate surface area is 552 Å². The molecule has 0 saturated carbocycles. The summed E-state index contributed by atoms with van der Waals surface area (Å²) in [6.45, 7) is 6.51. The maximum Gasteiger partial charge on any atom is 0.327 e. The van der Waals surface area contributed by atoms with Gasteiger partial charge in [-0.15, -0.1) is 0 Å². The molecule has 5 aliphatic rings. The number of amides is 15. The lowest BCUT2D eigenvalue weighted by Gasteiger charge is -2.34. The standard InChI is InChI=1S/C55H86N16O18S4/c1-25(2)15-28-44(77)62-29(17-40(57)73)45(78)64-31(18-41(58)74)53(86)69-12-6-9-37(69)51(84)68-36(55(88)89)24-93-92-23-35-49(82)65-32(20-72)46(79)63-30(16-26(3)4)52(85)71-14-8-11-39(71)54(87)70-13-7-10-38(70)50(83)67-34(47(80)59-27(5)43(76)61-28)22-91-90-21-33(48(81)66-35)60-42(75)19-56/h25-39,72H,6-24,56H2,1-5H3,(H2,57,73)(H2,58,74)(H,59,80)(H,60,75)(H,61,76)(H,62,77)(H,63,79)(H,64,78)(H,65,82)(H,66,81)(H,67,83)(H,68,84)(H,88,89)/t27-,28-,29-,30-,31-,32-,33-,34-,35-,36-,37-,38-,39-/m0/s1. The van der Waals surface area contributed by atoms with Crippen molar-refractivity contribution in [3.05, 3.63) is 0 Å². The highest BCUT2D eigenvalue weighted by atomic mass is 33.1. The number of hydrogen-bond acceptors (Lipinski definition) is 22. The van der Waals surface area contributed by atoms with E-state index in [4.69, 9.17) is 17.2 Å². The van der Waals surface area contributed by atoms with Crippen LogP contribution in [0.2, 0.25) is 0 Å². The zero-order valence-corrected chi connectivity index (χ0v) is 55.5. The molecule has 5 heterocycles. The van der Waals surface area contributed by atoms with Crippen LogP contribution in [0.3, 0.4) is 0 Å². The van der Waals surface area contributed by atoms with Gasteiger partial charge in [-0.05, 0) is 70.1 Å². The Balaban J connectivity index is 1.62. The molecule has 38 heteroatoms. The molecule has 15 amide bonds. The SMILES string of the molecule is CC(C)C[C@@H]1NC(=O)[C@H](C)NC(=O)[C@@H]2CSSC[C@H](NC(=O)CN)C(=O)N[C@@H](CSSC[C@@H](C(=O)O)NC(=O)[C@@H]3CCCN3C(=O)[C@H](CC(N)=O)NC(=O)[C@H](CC(N)=O)NC1=O)C(=O)N[C@@H](CO)C(=O)N[C@@H](CC(C)C)C(=O)N1CCC[C@H]1C(=O)N1CCC[C@H]1C(=O)N2. The monoisotopic (exact) mass is 1390 g/mol. The molecular formula is C55H86N16O18S4. The van der Waals surface area contributed by atoms with Crippen LogP contribution in [0.5, 0.6) is 0 Å². The second kappa shape index (κ2) is 36.5. The molecule has 0 spiro atoms. The number of hydrogen-bond donors (Lipinski definition) is 15. The summed E-state index contributed by atoms with van der Waals surface area (Å²) in [6, 6.07) is -19.9. The van der Waals surface area contributed by atoms with E-state index in [1.165, 1.54) is 16.7 Å². The summed E-state index contributed by atoms with van der Waals surface area (Å²) in [7, 11) is 3.38. The number of nitrogens with one attached hydrogen (secondary N) is 10. The Morgan fingerprint density at radius 3 is 1.46 bits per heavy atom. The number of nitrogens with two attached hydrogens (primary N) is 3. The van der Waals surface area contributed by atoms with Crippen molar-refractivity contribution in [2.45, 2.75) is 177 Å². The Morgan fingerprint density at radius 1 is 0.495 bits per heavy atom. The fourth-order valence-corrected chi connectivity index (χ4v) is 15.5. The van der Waals surface area contributed by atoms with E-state index in [1.807, 2.05) is 0 Å². The lowest BCUT2D eigenvalue weighted by atomic mass is 10.0. The number of fused-ring (bicyclic) bond motifs is 11. The number of carbonyl (C=O) groups excluding carboxylic acids is 15. The minimum Gasteiger partial charge on any atom is -0.480 e. The third kappa shape index (κ3) is 22.5. The number of aliphatic hydroxyl groups is 1. The Morgan fingerprint density at radius 2 is 0.914 bits per heavy atom. The van der Waals surface area contributed by atoms with Gasteiger partial charge in [0.25, 0.3) is 0 Å². The van der Waals surface area contributed by atoms with Gasteiger partial charge < -0.3 is 95.3 Å². The maximum absolute atomic E-state index is 14.6. The van der Waals surface area contributed by atoms with Crippen molar-refractivity contribution >= 4 is 138 Å². The van der Waals surface area contributed by atoms with Crippen molar-refractivity contribution in [2.24, 2.45) is 29.0 Å². The van der Waals surface area contributed by atoms with Crippen LogP contribution < -0.4 is 70.4 Å². The van der Waals surface area contributed by atoms with Crippen molar-refractivity contribution < 1.29 is 86.9 Å². The zero-order valence-electron chi connectivity index (χ0n) is 52.2. The zero-order chi connectivity index (χ0) is 69.0. The van der Waals surface area contributed by atoms with E-state index >= 15 is 0 Å². The summed E-state index contributed by atoms with van der Waals surface area (Å²) in [5.41, 5.74) is 16.7.